The molecule has 0 spiro atoms. The molecular formula is C8H13N5O. The number of fused-ring (bicyclic) bond motifs is 1. The molecule has 76 valence electrons. The van der Waals surface area contributed by atoms with Crippen LogP contribution in [-0.2, 0) is 4.84 Å². The Hall–Kier alpha value is -1.72. The van der Waals surface area contributed by atoms with E-state index in [0.717, 1.165) is 24.0 Å². The van der Waals surface area contributed by atoms with E-state index in [2.05, 4.69) is 15.1 Å². The topological polar surface area (TPSA) is 56.8 Å². The number of aromatic nitrogens is 2. The molecule has 2 rings (SSSR count). The van der Waals surface area contributed by atoms with Crippen LogP contribution in [0.25, 0.3) is 0 Å². The smallest absolute Gasteiger partial charge is 0.196 e. The second kappa shape index (κ2) is 3.21. The SMILES string of the molecule is CO/N=C1/c2[nH]cnc2N(C)CN1C. The van der Waals surface area contributed by atoms with Crippen LogP contribution >= 0.6 is 0 Å². The molecule has 0 aliphatic carbocycles. The summed E-state index contributed by atoms with van der Waals surface area (Å²) >= 11 is 0. The highest BCUT2D eigenvalue weighted by molar-refractivity contribution is 6.02. The first-order valence-electron chi connectivity index (χ1n) is 4.31. The highest BCUT2D eigenvalue weighted by Gasteiger charge is 2.26. The molecule has 14 heavy (non-hydrogen) atoms. The van der Waals surface area contributed by atoms with Crippen molar-refractivity contribution in [3.63, 3.8) is 0 Å². The van der Waals surface area contributed by atoms with Gasteiger partial charge in [0.25, 0.3) is 0 Å². The molecular weight excluding hydrogens is 182 g/mol. The number of H-pyrrole nitrogens is 1. The van der Waals surface area contributed by atoms with Gasteiger partial charge in [-0.1, -0.05) is 5.16 Å². The van der Waals surface area contributed by atoms with Crippen LogP contribution in [0.5, 0.6) is 0 Å². The lowest BCUT2D eigenvalue weighted by molar-refractivity contribution is 0.207. The second-order valence-electron chi connectivity index (χ2n) is 3.24. The molecule has 1 N–H and O–H groups in total. The molecule has 0 saturated carbocycles. The molecule has 1 aliphatic heterocycles. The van der Waals surface area contributed by atoms with E-state index in [-0.39, 0.29) is 0 Å². The fourth-order valence-corrected chi connectivity index (χ4v) is 1.59. The minimum absolute atomic E-state index is 0.750. The lowest BCUT2D eigenvalue weighted by Crippen LogP contribution is -2.43. The molecule has 0 atom stereocenters. The van der Waals surface area contributed by atoms with Gasteiger partial charge in [0.2, 0.25) is 0 Å². The number of nitrogens with one attached hydrogen (secondary N) is 1. The van der Waals surface area contributed by atoms with Crippen molar-refractivity contribution < 1.29 is 4.84 Å². The van der Waals surface area contributed by atoms with Crippen molar-refractivity contribution in [3.05, 3.63) is 12.0 Å². The van der Waals surface area contributed by atoms with Gasteiger partial charge in [-0.05, 0) is 0 Å². The molecule has 0 fully saturated rings. The zero-order valence-corrected chi connectivity index (χ0v) is 8.48. The number of hydrogen-bond acceptors (Lipinski definition) is 4. The summed E-state index contributed by atoms with van der Waals surface area (Å²) < 4.78 is 0. The van der Waals surface area contributed by atoms with E-state index in [0.29, 0.717) is 0 Å². The minimum atomic E-state index is 0.750. The first kappa shape index (κ1) is 8.86. The largest absolute Gasteiger partial charge is 0.397 e. The molecule has 0 bridgehead atoms. The highest BCUT2D eigenvalue weighted by atomic mass is 16.6. The maximum Gasteiger partial charge on any atom is 0.196 e. The van der Waals surface area contributed by atoms with Crippen molar-refractivity contribution in [2.24, 2.45) is 5.16 Å². The van der Waals surface area contributed by atoms with Crippen LogP contribution in [0.15, 0.2) is 11.5 Å². The lowest BCUT2D eigenvalue weighted by Gasteiger charge is -2.32. The molecule has 1 aromatic rings. The van der Waals surface area contributed by atoms with E-state index >= 15 is 0 Å². The Labute approximate surface area is 82.2 Å². The summed E-state index contributed by atoms with van der Waals surface area (Å²) in [6, 6.07) is 0. The molecule has 0 radical (unpaired) electrons. The van der Waals surface area contributed by atoms with Crippen LogP contribution in [0.1, 0.15) is 5.69 Å². The Bertz CT molecular complexity index is 358. The highest BCUT2D eigenvalue weighted by Crippen LogP contribution is 2.21. The monoisotopic (exact) mass is 195 g/mol. The van der Waals surface area contributed by atoms with Gasteiger partial charge in [-0.2, -0.15) is 0 Å². The maximum atomic E-state index is 4.79. The second-order valence-corrected chi connectivity index (χ2v) is 3.24. The van der Waals surface area contributed by atoms with Gasteiger partial charge in [-0.3, -0.25) is 0 Å². The summed E-state index contributed by atoms with van der Waals surface area (Å²) in [5.41, 5.74) is 0.892. The molecule has 0 amide bonds. The molecule has 1 aliphatic rings. The fraction of sp³-hybridized carbons (Fsp3) is 0.500. The van der Waals surface area contributed by atoms with Crippen molar-refractivity contribution in [3.8, 4) is 0 Å². The standard InChI is InChI=1S/C8H13N5O/c1-12-5-13(2)8(11-14-3)6-7(12)10-4-9-6/h4H,5H2,1-3H3,(H,9,10)/b11-8-. The predicted molar refractivity (Wildman–Crippen MR) is 53.2 cm³/mol. The fourth-order valence-electron chi connectivity index (χ4n) is 1.59. The third-order valence-electron chi connectivity index (χ3n) is 2.17. The quantitative estimate of drug-likeness (QED) is 0.644. The number of hydrogen-bond donors (Lipinski definition) is 1. The Morgan fingerprint density at radius 3 is 3.00 bits per heavy atom. The zero-order chi connectivity index (χ0) is 10.1. The van der Waals surface area contributed by atoms with Crippen LogP contribution in [0, 0.1) is 0 Å². The van der Waals surface area contributed by atoms with Crippen molar-refractivity contribution in [1.29, 1.82) is 0 Å². The number of imidazole rings is 1. The van der Waals surface area contributed by atoms with E-state index in [1.165, 1.54) is 7.11 Å². The molecule has 0 unspecified atom stereocenters. The van der Waals surface area contributed by atoms with E-state index in [1.807, 2.05) is 23.9 Å². The van der Waals surface area contributed by atoms with Gasteiger partial charge in [-0.15, -0.1) is 0 Å². The lowest BCUT2D eigenvalue weighted by atomic mass is 10.3. The molecule has 6 heteroatoms. The van der Waals surface area contributed by atoms with Gasteiger partial charge >= 0.3 is 0 Å². The van der Waals surface area contributed by atoms with E-state index in [4.69, 9.17) is 4.84 Å². The van der Waals surface area contributed by atoms with Gasteiger partial charge in [0, 0.05) is 14.1 Å². The molecule has 0 aromatic carbocycles. The number of nitrogens with zero attached hydrogens (tertiary/aromatic N) is 4. The zero-order valence-electron chi connectivity index (χ0n) is 8.48. The summed E-state index contributed by atoms with van der Waals surface area (Å²) in [5, 5.41) is 3.96. The molecule has 0 saturated heterocycles. The Morgan fingerprint density at radius 1 is 1.50 bits per heavy atom. The average Bonchev–Trinajstić information content (AvgIpc) is 2.60. The number of amidine groups is 1. The van der Waals surface area contributed by atoms with E-state index in [9.17, 15) is 0 Å². The van der Waals surface area contributed by atoms with Gasteiger partial charge in [0.15, 0.2) is 11.7 Å². The normalized spacial score (nSPS) is 18.6. The minimum Gasteiger partial charge on any atom is -0.397 e. The van der Waals surface area contributed by atoms with Crippen molar-refractivity contribution in [2.75, 3.05) is 32.8 Å². The van der Waals surface area contributed by atoms with Crippen LogP contribution in [-0.4, -0.2) is 48.6 Å². The Morgan fingerprint density at radius 2 is 2.29 bits per heavy atom. The number of aromatic amines is 1. The third-order valence-corrected chi connectivity index (χ3v) is 2.17. The maximum absolute atomic E-state index is 4.79. The van der Waals surface area contributed by atoms with Crippen molar-refractivity contribution >= 4 is 11.7 Å². The van der Waals surface area contributed by atoms with E-state index in [1.54, 1.807) is 6.33 Å². The molecule has 6 nitrogen and oxygen atoms in total. The van der Waals surface area contributed by atoms with Gasteiger partial charge in [-0.25, -0.2) is 4.98 Å². The summed E-state index contributed by atoms with van der Waals surface area (Å²) in [4.78, 5) is 16.1. The Kier molecular flexibility index (Phi) is 2.03. The van der Waals surface area contributed by atoms with Crippen LogP contribution in [0.3, 0.4) is 0 Å². The number of oxime groups is 1. The van der Waals surface area contributed by atoms with Crippen molar-refractivity contribution in [2.45, 2.75) is 0 Å². The summed E-state index contributed by atoms with van der Waals surface area (Å²) in [6.45, 7) is 0.750. The predicted octanol–water partition coefficient (Wildman–Crippen LogP) is 0.0568. The first-order chi connectivity index (χ1) is 6.74. The number of anilines is 1. The summed E-state index contributed by atoms with van der Waals surface area (Å²) in [7, 11) is 5.48. The van der Waals surface area contributed by atoms with Gasteiger partial charge in [0.05, 0.1) is 13.0 Å². The van der Waals surface area contributed by atoms with Gasteiger partial charge < -0.3 is 19.6 Å². The van der Waals surface area contributed by atoms with Crippen LogP contribution < -0.4 is 4.90 Å². The van der Waals surface area contributed by atoms with Gasteiger partial charge in [0.1, 0.15) is 12.8 Å². The first-order valence-corrected chi connectivity index (χ1v) is 4.31. The van der Waals surface area contributed by atoms with E-state index < -0.39 is 0 Å². The number of rotatable bonds is 1. The van der Waals surface area contributed by atoms with Crippen LogP contribution in [0.4, 0.5) is 5.82 Å². The Balaban J connectivity index is 2.46. The molecule has 1 aromatic heterocycles. The third kappa shape index (κ3) is 1.19. The van der Waals surface area contributed by atoms with Crippen molar-refractivity contribution in [1.82, 2.24) is 14.9 Å². The summed E-state index contributed by atoms with van der Waals surface area (Å²) in [5.74, 6) is 1.68. The molecule has 2 heterocycles. The summed E-state index contributed by atoms with van der Waals surface area (Å²) in [6.07, 6.45) is 1.66. The van der Waals surface area contributed by atoms with Crippen LogP contribution in [0.2, 0.25) is 0 Å². The average molecular weight is 195 g/mol.